The molecule has 1 N–H and O–H groups in total. The first kappa shape index (κ1) is 15.6. The predicted octanol–water partition coefficient (Wildman–Crippen LogP) is 4.30. The Morgan fingerprint density at radius 2 is 1.86 bits per heavy atom. The Labute approximate surface area is 133 Å². The van der Waals surface area contributed by atoms with Gasteiger partial charge in [0.15, 0.2) is 0 Å². The molecule has 21 heavy (non-hydrogen) atoms. The van der Waals surface area contributed by atoms with Crippen LogP contribution in [0.5, 0.6) is 0 Å². The van der Waals surface area contributed by atoms with Crippen molar-refractivity contribution in [3.63, 3.8) is 0 Å². The van der Waals surface area contributed by atoms with Crippen molar-refractivity contribution in [1.82, 2.24) is 0 Å². The van der Waals surface area contributed by atoms with E-state index in [2.05, 4.69) is 21.2 Å². The van der Waals surface area contributed by atoms with Crippen LogP contribution in [0.1, 0.15) is 17.5 Å². The van der Waals surface area contributed by atoms with Gasteiger partial charge in [-0.2, -0.15) is 0 Å². The van der Waals surface area contributed by atoms with Gasteiger partial charge in [0.1, 0.15) is 6.61 Å². The lowest BCUT2D eigenvalue weighted by Crippen LogP contribution is -2.12. The second-order valence-electron chi connectivity index (χ2n) is 4.74. The maximum atomic E-state index is 11.7. The molecule has 0 fully saturated rings. The lowest BCUT2D eigenvalue weighted by molar-refractivity contribution is -0.144. The summed E-state index contributed by atoms with van der Waals surface area (Å²) in [6, 6.07) is 15.7. The first-order valence-corrected chi connectivity index (χ1v) is 7.64. The molecule has 110 valence electrons. The highest BCUT2D eigenvalue weighted by molar-refractivity contribution is 9.10. The van der Waals surface area contributed by atoms with Gasteiger partial charge in [0.05, 0.1) is 6.42 Å². The van der Waals surface area contributed by atoms with Crippen molar-refractivity contribution < 1.29 is 9.53 Å². The summed E-state index contributed by atoms with van der Waals surface area (Å²) in [6.07, 6.45) is 0.346. The monoisotopic (exact) mass is 347 g/mol. The fraction of sp³-hybridized carbons (Fsp3) is 0.235. The average molecular weight is 348 g/mol. The summed E-state index contributed by atoms with van der Waals surface area (Å²) in [5.41, 5.74) is 3.19. The Bertz CT molecular complexity index is 613. The average Bonchev–Trinajstić information content (AvgIpc) is 2.48. The largest absolute Gasteiger partial charge is 0.461 e. The van der Waals surface area contributed by atoms with Crippen LogP contribution in [0.4, 0.5) is 5.69 Å². The van der Waals surface area contributed by atoms with Gasteiger partial charge < -0.3 is 10.1 Å². The summed E-state index contributed by atoms with van der Waals surface area (Å²) in [5, 5.41) is 3.24. The van der Waals surface area contributed by atoms with Gasteiger partial charge in [-0.25, -0.2) is 0 Å². The minimum absolute atomic E-state index is 0.202. The summed E-state index contributed by atoms with van der Waals surface area (Å²) in [6.45, 7) is 2.90. The Kier molecular flexibility index (Phi) is 5.81. The molecule has 0 aliphatic heterocycles. The van der Waals surface area contributed by atoms with Crippen molar-refractivity contribution in [2.75, 3.05) is 11.9 Å². The van der Waals surface area contributed by atoms with Crippen LogP contribution in [0.2, 0.25) is 0 Å². The summed E-state index contributed by atoms with van der Waals surface area (Å²) >= 11 is 3.43. The molecule has 0 radical (unpaired) electrons. The van der Waals surface area contributed by atoms with Crippen molar-refractivity contribution >= 4 is 27.6 Å². The zero-order chi connectivity index (χ0) is 15.1. The summed E-state index contributed by atoms with van der Waals surface area (Å²) in [5.74, 6) is -0.202. The number of carbonyl (C=O) groups excluding carboxylic acids is 1. The van der Waals surface area contributed by atoms with E-state index in [-0.39, 0.29) is 5.97 Å². The highest BCUT2D eigenvalue weighted by Crippen LogP contribution is 2.17. The van der Waals surface area contributed by atoms with E-state index in [1.165, 1.54) is 5.56 Å². The number of rotatable bonds is 6. The van der Waals surface area contributed by atoms with Gasteiger partial charge in [0, 0.05) is 22.3 Å². The number of hydrogen-bond donors (Lipinski definition) is 1. The summed E-state index contributed by atoms with van der Waals surface area (Å²) in [4.78, 5) is 11.7. The molecular formula is C17H18BrNO2. The van der Waals surface area contributed by atoms with E-state index in [1.54, 1.807) is 0 Å². The molecule has 0 heterocycles. The van der Waals surface area contributed by atoms with Gasteiger partial charge in [-0.05, 0) is 24.6 Å². The van der Waals surface area contributed by atoms with Crippen LogP contribution in [0, 0.1) is 6.92 Å². The molecule has 0 bridgehead atoms. The highest BCUT2D eigenvalue weighted by Gasteiger charge is 2.05. The van der Waals surface area contributed by atoms with Crippen LogP contribution >= 0.6 is 15.9 Å². The van der Waals surface area contributed by atoms with Crippen molar-refractivity contribution in [2.45, 2.75) is 20.0 Å². The quantitative estimate of drug-likeness (QED) is 0.791. The zero-order valence-electron chi connectivity index (χ0n) is 11.9. The second kappa shape index (κ2) is 7.84. The highest BCUT2D eigenvalue weighted by atomic mass is 79.9. The molecule has 4 heteroatoms. The lowest BCUT2D eigenvalue weighted by Gasteiger charge is -2.09. The maximum Gasteiger partial charge on any atom is 0.307 e. The van der Waals surface area contributed by atoms with Crippen LogP contribution in [-0.2, 0) is 16.1 Å². The van der Waals surface area contributed by atoms with Gasteiger partial charge >= 0.3 is 5.97 Å². The van der Waals surface area contributed by atoms with Crippen molar-refractivity contribution in [2.24, 2.45) is 0 Å². The minimum Gasteiger partial charge on any atom is -0.461 e. The third-order valence-corrected chi connectivity index (χ3v) is 3.91. The molecule has 0 aliphatic carbocycles. The van der Waals surface area contributed by atoms with Crippen LogP contribution < -0.4 is 5.32 Å². The van der Waals surface area contributed by atoms with E-state index in [0.29, 0.717) is 19.6 Å². The first-order chi connectivity index (χ1) is 10.2. The fourth-order valence-corrected chi connectivity index (χ4v) is 2.32. The predicted molar refractivity (Wildman–Crippen MR) is 88.2 cm³/mol. The van der Waals surface area contributed by atoms with Gasteiger partial charge in [-0.1, -0.05) is 52.3 Å². The number of para-hydroxylation sites is 1. The third kappa shape index (κ3) is 4.90. The van der Waals surface area contributed by atoms with Crippen molar-refractivity contribution in [1.29, 1.82) is 0 Å². The standard InChI is InChI=1S/C17H18BrNO2/c1-13-6-2-5-9-16(13)19-11-10-17(20)21-12-14-7-3-4-8-15(14)18/h2-9,19H,10-12H2,1H3. The second-order valence-corrected chi connectivity index (χ2v) is 5.60. The van der Waals surface area contributed by atoms with E-state index in [4.69, 9.17) is 4.74 Å². The number of nitrogens with one attached hydrogen (secondary N) is 1. The Morgan fingerprint density at radius 3 is 2.62 bits per heavy atom. The number of halogens is 1. The van der Waals surface area contributed by atoms with E-state index in [1.807, 2.05) is 55.5 Å². The molecule has 3 nitrogen and oxygen atoms in total. The molecule has 0 unspecified atom stereocenters. The Balaban J connectivity index is 1.73. The molecule has 2 aromatic rings. The molecule has 0 saturated heterocycles. The van der Waals surface area contributed by atoms with Crippen LogP contribution in [0.3, 0.4) is 0 Å². The van der Waals surface area contributed by atoms with Gasteiger partial charge in [0.25, 0.3) is 0 Å². The summed E-state index contributed by atoms with van der Waals surface area (Å²) in [7, 11) is 0. The molecule has 2 aromatic carbocycles. The third-order valence-electron chi connectivity index (χ3n) is 3.14. The number of hydrogen-bond acceptors (Lipinski definition) is 3. The van der Waals surface area contributed by atoms with Gasteiger partial charge in [-0.15, -0.1) is 0 Å². The van der Waals surface area contributed by atoms with Crippen LogP contribution in [0.15, 0.2) is 53.0 Å². The van der Waals surface area contributed by atoms with E-state index < -0.39 is 0 Å². The Morgan fingerprint density at radius 1 is 1.14 bits per heavy atom. The molecule has 0 spiro atoms. The van der Waals surface area contributed by atoms with E-state index in [0.717, 1.165) is 15.7 Å². The SMILES string of the molecule is Cc1ccccc1NCCC(=O)OCc1ccccc1Br. The molecule has 0 saturated carbocycles. The number of carbonyl (C=O) groups is 1. The Hall–Kier alpha value is -1.81. The van der Waals surface area contributed by atoms with Gasteiger partial charge in [-0.3, -0.25) is 4.79 Å². The minimum atomic E-state index is -0.202. The normalized spacial score (nSPS) is 10.2. The van der Waals surface area contributed by atoms with Gasteiger partial charge in [0.2, 0.25) is 0 Å². The van der Waals surface area contributed by atoms with Crippen molar-refractivity contribution in [3.8, 4) is 0 Å². The van der Waals surface area contributed by atoms with E-state index >= 15 is 0 Å². The fourth-order valence-electron chi connectivity index (χ4n) is 1.92. The topological polar surface area (TPSA) is 38.3 Å². The molecule has 0 amide bonds. The van der Waals surface area contributed by atoms with Crippen molar-refractivity contribution in [3.05, 3.63) is 64.1 Å². The number of aryl methyl sites for hydroxylation is 1. The number of benzene rings is 2. The first-order valence-electron chi connectivity index (χ1n) is 6.85. The maximum absolute atomic E-state index is 11.7. The van der Waals surface area contributed by atoms with Crippen LogP contribution in [-0.4, -0.2) is 12.5 Å². The molecule has 2 rings (SSSR count). The smallest absolute Gasteiger partial charge is 0.307 e. The van der Waals surface area contributed by atoms with Crippen LogP contribution in [0.25, 0.3) is 0 Å². The molecule has 0 aliphatic rings. The van der Waals surface area contributed by atoms with E-state index in [9.17, 15) is 4.79 Å². The lowest BCUT2D eigenvalue weighted by atomic mass is 10.2. The zero-order valence-corrected chi connectivity index (χ0v) is 13.5. The molecular weight excluding hydrogens is 330 g/mol. The number of esters is 1. The summed E-state index contributed by atoms with van der Waals surface area (Å²) < 4.78 is 6.22. The molecule has 0 atom stereocenters. The number of anilines is 1. The molecule has 0 aromatic heterocycles. The number of ether oxygens (including phenoxy) is 1.